The number of urea groups is 1. The molecule has 0 saturated heterocycles. The first kappa shape index (κ1) is 16.8. The molecule has 1 N–H and O–H groups in total. The van der Waals surface area contributed by atoms with E-state index in [0.29, 0.717) is 35.7 Å². The molecule has 0 atom stereocenters. The first-order valence-corrected chi connectivity index (χ1v) is 8.60. The van der Waals surface area contributed by atoms with Crippen molar-refractivity contribution in [2.75, 3.05) is 13.6 Å². The lowest BCUT2D eigenvalue weighted by Crippen LogP contribution is -2.42. The number of hydrogen-bond donors (Lipinski definition) is 1. The van der Waals surface area contributed by atoms with Gasteiger partial charge in [-0.15, -0.1) is 0 Å². The minimum Gasteiger partial charge on any atom is -0.335 e. The summed E-state index contributed by atoms with van der Waals surface area (Å²) in [6.45, 7) is 0.540. The molecule has 1 aliphatic rings. The summed E-state index contributed by atoms with van der Waals surface area (Å²) in [4.78, 5) is 18.1. The highest BCUT2D eigenvalue weighted by atomic mass is 35.5. The average molecular weight is 349 g/mol. The summed E-state index contributed by atoms with van der Waals surface area (Å²) in [7, 11) is 1.78. The normalized spacial score (nSPS) is 14.8. The summed E-state index contributed by atoms with van der Waals surface area (Å²) in [5.74, 6) is 1.04. The van der Waals surface area contributed by atoms with Crippen molar-refractivity contribution in [3.8, 4) is 11.5 Å². The van der Waals surface area contributed by atoms with Crippen LogP contribution in [-0.2, 0) is 6.42 Å². The Hall–Kier alpha value is -2.08. The van der Waals surface area contributed by atoms with Gasteiger partial charge in [-0.3, -0.25) is 0 Å². The van der Waals surface area contributed by atoms with Crippen molar-refractivity contribution in [1.29, 1.82) is 0 Å². The monoisotopic (exact) mass is 348 g/mol. The number of benzene rings is 1. The summed E-state index contributed by atoms with van der Waals surface area (Å²) >= 11 is 5.87. The summed E-state index contributed by atoms with van der Waals surface area (Å²) in [5, 5.41) is 7.69. The summed E-state index contributed by atoms with van der Waals surface area (Å²) in [5.41, 5.74) is 0.825. The number of rotatable bonds is 5. The number of carbonyl (C=O) groups is 1. The van der Waals surface area contributed by atoms with E-state index in [1.807, 2.05) is 12.1 Å². The topological polar surface area (TPSA) is 71.3 Å². The molecule has 1 aromatic heterocycles. The highest BCUT2D eigenvalue weighted by Crippen LogP contribution is 2.20. The van der Waals surface area contributed by atoms with Crippen molar-refractivity contribution < 1.29 is 9.32 Å². The third-order valence-corrected chi connectivity index (χ3v) is 4.51. The van der Waals surface area contributed by atoms with Gasteiger partial charge in [0.1, 0.15) is 0 Å². The Morgan fingerprint density at radius 1 is 1.33 bits per heavy atom. The maximum Gasteiger partial charge on any atom is 0.317 e. The molecule has 3 rings (SSSR count). The minimum atomic E-state index is -0.0386. The quantitative estimate of drug-likeness (QED) is 0.897. The van der Waals surface area contributed by atoms with E-state index in [-0.39, 0.29) is 6.03 Å². The Kier molecular flexibility index (Phi) is 5.35. The van der Waals surface area contributed by atoms with Gasteiger partial charge in [-0.25, -0.2) is 4.79 Å². The molecule has 2 aromatic rings. The molecule has 0 spiro atoms. The molecule has 1 aromatic carbocycles. The molecule has 7 heteroatoms. The average Bonchev–Trinajstić information content (AvgIpc) is 3.25. The van der Waals surface area contributed by atoms with E-state index in [9.17, 15) is 4.79 Å². The van der Waals surface area contributed by atoms with Crippen LogP contribution in [0.15, 0.2) is 28.8 Å². The van der Waals surface area contributed by atoms with E-state index in [1.54, 1.807) is 24.1 Å². The molecule has 0 radical (unpaired) electrons. The number of amides is 2. The zero-order valence-electron chi connectivity index (χ0n) is 13.7. The van der Waals surface area contributed by atoms with Gasteiger partial charge in [-0.05, 0) is 37.1 Å². The molecule has 6 nitrogen and oxygen atoms in total. The van der Waals surface area contributed by atoms with Gasteiger partial charge in [0.25, 0.3) is 5.89 Å². The van der Waals surface area contributed by atoms with Gasteiger partial charge >= 0.3 is 6.03 Å². The van der Waals surface area contributed by atoms with Crippen molar-refractivity contribution in [2.45, 2.75) is 38.1 Å². The second-order valence-electron chi connectivity index (χ2n) is 6.13. The Morgan fingerprint density at radius 2 is 2.04 bits per heavy atom. The number of likely N-dealkylation sites (N-methyl/N-ethyl adjacent to an activating group) is 1. The van der Waals surface area contributed by atoms with Gasteiger partial charge in [0.15, 0.2) is 5.82 Å². The third-order valence-electron chi connectivity index (χ3n) is 4.26. The molecule has 1 saturated carbocycles. The van der Waals surface area contributed by atoms with E-state index in [4.69, 9.17) is 16.1 Å². The number of halogens is 1. The maximum absolute atomic E-state index is 12.1. The van der Waals surface area contributed by atoms with E-state index < -0.39 is 0 Å². The molecule has 1 heterocycles. The maximum atomic E-state index is 12.1. The Labute approximate surface area is 146 Å². The van der Waals surface area contributed by atoms with Crippen molar-refractivity contribution in [2.24, 2.45) is 0 Å². The lowest BCUT2D eigenvalue weighted by Gasteiger charge is -2.20. The van der Waals surface area contributed by atoms with Crippen LogP contribution in [0.2, 0.25) is 5.02 Å². The number of hydrogen-bond acceptors (Lipinski definition) is 4. The molecule has 2 amide bonds. The first-order chi connectivity index (χ1) is 11.6. The summed E-state index contributed by atoms with van der Waals surface area (Å²) in [6, 6.07) is 7.51. The van der Waals surface area contributed by atoms with Crippen LogP contribution >= 0.6 is 11.6 Å². The van der Waals surface area contributed by atoms with Crippen LogP contribution in [0.25, 0.3) is 11.5 Å². The Morgan fingerprint density at radius 3 is 2.75 bits per heavy atom. The first-order valence-electron chi connectivity index (χ1n) is 8.22. The standard InChI is InChI=1S/C17H21ClN4O2/c1-22(17(23)19-14-4-2-3-5-14)11-10-15-20-16(24-21-15)12-6-8-13(18)9-7-12/h6-9,14H,2-5,10-11H2,1H3,(H,19,23). The van der Waals surface area contributed by atoms with Crippen LogP contribution in [0.5, 0.6) is 0 Å². The number of carbonyl (C=O) groups excluding carboxylic acids is 1. The molecular formula is C17H21ClN4O2. The van der Waals surface area contributed by atoms with Crippen molar-refractivity contribution in [3.63, 3.8) is 0 Å². The highest BCUT2D eigenvalue weighted by molar-refractivity contribution is 6.30. The van der Waals surface area contributed by atoms with Crippen molar-refractivity contribution in [3.05, 3.63) is 35.1 Å². The predicted molar refractivity (Wildman–Crippen MR) is 91.9 cm³/mol. The highest BCUT2D eigenvalue weighted by Gasteiger charge is 2.19. The molecule has 1 fully saturated rings. The minimum absolute atomic E-state index is 0.0386. The second kappa shape index (κ2) is 7.66. The fourth-order valence-electron chi connectivity index (χ4n) is 2.79. The zero-order chi connectivity index (χ0) is 16.9. The predicted octanol–water partition coefficient (Wildman–Crippen LogP) is 3.52. The Bertz CT molecular complexity index is 680. The lowest BCUT2D eigenvalue weighted by atomic mass is 10.2. The number of nitrogens with zero attached hydrogens (tertiary/aromatic N) is 3. The van der Waals surface area contributed by atoms with Gasteiger partial charge in [-0.1, -0.05) is 29.6 Å². The molecule has 24 heavy (non-hydrogen) atoms. The van der Waals surface area contributed by atoms with Gasteiger partial charge in [0.05, 0.1) is 0 Å². The van der Waals surface area contributed by atoms with Gasteiger partial charge in [0, 0.05) is 36.6 Å². The van der Waals surface area contributed by atoms with Crippen molar-refractivity contribution >= 4 is 17.6 Å². The van der Waals surface area contributed by atoms with Crippen LogP contribution in [0.1, 0.15) is 31.5 Å². The lowest BCUT2D eigenvalue weighted by molar-refractivity contribution is 0.205. The van der Waals surface area contributed by atoms with Crippen LogP contribution in [0.4, 0.5) is 4.79 Å². The fourth-order valence-corrected chi connectivity index (χ4v) is 2.92. The fraction of sp³-hybridized carbons (Fsp3) is 0.471. The van der Waals surface area contributed by atoms with E-state index >= 15 is 0 Å². The van der Waals surface area contributed by atoms with Crippen molar-refractivity contribution in [1.82, 2.24) is 20.4 Å². The van der Waals surface area contributed by atoms with Crippen LogP contribution < -0.4 is 5.32 Å². The largest absolute Gasteiger partial charge is 0.335 e. The molecule has 0 unspecified atom stereocenters. The number of aromatic nitrogens is 2. The zero-order valence-corrected chi connectivity index (χ0v) is 14.4. The van der Waals surface area contributed by atoms with Crippen LogP contribution in [0, 0.1) is 0 Å². The summed E-state index contributed by atoms with van der Waals surface area (Å²) < 4.78 is 5.27. The smallest absolute Gasteiger partial charge is 0.317 e. The molecule has 0 aliphatic heterocycles. The van der Waals surface area contributed by atoms with Gasteiger partial charge in [-0.2, -0.15) is 4.98 Å². The van der Waals surface area contributed by atoms with Gasteiger partial charge < -0.3 is 14.7 Å². The summed E-state index contributed by atoms with van der Waals surface area (Å²) in [6.07, 6.45) is 5.10. The van der Waals surface area contributed by atoms with Gasteiger partial charge in [0.2, 0.25) is 0 Å². The molecule has 0 bridgehead atoms. The Balaban J connectivity index is 1.51. The number of nitrogens with one attached hydrogen (secondary N) is 1. The SMILES string of the molecule is CN(CCc1noc(-c2ccc(Cl)cc2)n1)C(=O)NC1CCCC1. The van der Waals surface area contributed by atoms with Crippen LogP contribution in [-0.4, -0.2) is 40.7 Å². The van der Waals surface area contributed by atoms with E-state index in [2.05, 4.69) is 15.5 Å². The second-order valence-corrected chi connectivity index (χ2v) is 6.56. The van der Waals surface area contributed by atoms with E-state index in [0.717, 1.165) is 18.4 Å². The molecule has 1 aliphatic carbocycles. The third kappa shape index (κ3) is 4.26. The molecule has 128 valence electrons. The van der Waals surface area contributed by atoms with E-state index in [1.165, 1.54) is 12.8 Å². The van der Waals surface area contributed by atoms with Crippen LogP contribution in [0.3, 0.4) is 0 Å². The molecular weight excluding hydrogens is 328 g/mol.